The second-order valence-corrected chi connectivity index (χ2v) is 7.93. The van der Waals surface area contributed by atoms with Gasteiger partial charge in [-0.3, -0.25) is 9.59 Å². The topological polar surface area (TPSA) is 49.9 Å². The van der Waals surface area contributed by atoms with E-state index in [0.29, 0.717) is 39.0 Å². The number of nitrogens with zero attached hydrogens (tertiary/aromatic N) is 2. The number of morpholine rings is 1. The standard InChI is InChI=1S/C22H29FN2O3/c1-15(18-4-6-20(23)7-5-18)12-21(26)24-10-8-19(9-11-24)22(27)25-13-16(2)28-17(3)14-25/h4-7,12,16-17,19H,8-11,13-14H2,1-3H3/b15-12-. The number of likely N-dealkylation sites (tertiary alicyclic amines) is 1. The highest BCUT2D eigenvalue weighted by molar-refractivity contribution is 5.95. The van der Waals surface area contributed by atoms with Crippen molar-refractivity contribution in [3.8, 4) is 0 Å². The van der Waals surface area contributed by atoms with Crippen LogP contribution in [0.15, 0.2) is 30.3 Å². The van der Waals surface area contributed by atoms with Crippen LogP contribution < -0.4 is 0 Å². The van der Waals surface area contributed by atoms with Crippen LogP contribution in [0.2, 0.25) is 0 Å². The van der Waals surface area contributed by atoms with Crippen LogP contribution in [0.4, 0.5) is 4.39 Å². The van der Waals surface area contributed by atoms with Crippen LogP contribution in [0.5, 0.6) is 0 Å². The first kappa shape index (κ1) is 20.5. The molecule has 5 nitrogen and oxygen atoms in total. The SMILES string of the molecule is C/C(=C/C(=O)N1CCC(C(=O)N2CC(C)OC(C)C2)CC1)c1ccc(F)cc1. The average Bonchev–Trinajstić information content (AvgIpc) is 2.67. The van der Waals surface area contributed by atoms with E-state index in [0.717, 1.165) is 11.1 Å². The fraction of sp³-hybridized carbons (Fsp3) is 0.545. The molecule has 1 aromatic carbocycles. The molecule has 2 amide bonds. The number of hydrogen-bond acceptors (Lipinski definition) is 3. The van der Waals surface area contributed by atoms with E-state index in [9.17, 15) is 14.0 Å². The van der Waals surface area contributed by atoms with Gasteiger partial charge in [0.25, 0.3) is 0 Å². The van der Waals surface area contributed by atoms with Crippen LogP contribution >= 0.6 is 0 Å². The summed E-state index contributed by atoms with van der Waals surface area (Å²) >= 11 is 0. The average molecular weight is 388 g/mol. The Labute approximate surface area is 166 Å². The molecule has 0 saturated carbocycles. The Hall–Kier alpha value is -2.21. The number of ether oxygens (including phenoxy) is 1. The van der Waals surface area contributed by atoms with Crippen molar-refractivity contribution in [2.45, 2.75) is 45.8 Å². The molecule has 6 heteroatoms. The van der Waals surface area contributed by atoms with E-state index < -0.39 is 0 Å². The molecule has 2 unspecified atom stereocenters. The molecule has 3 rings (SSSR count). The van der Waals surface area contributed by atoms with E-state index in [1.807, 2.05) is 25.7 Å². The van der Waals surface area contributed by atoms with Gasteiger partial charge in [-0.15, -0.1) is 0 Å². The summed E-state index contributed by atoms with van der Waals surface area (Å²) in [5.41, 5.74) is 1.63. The highest BCUT2D eigenvalue weighted by Crippen LogP contribution is 2.23. The highest BCUT2D eigenvalue weighted by atomic mass is 19.1. The fourth-order valence-corrected chi connectivity index (χ4v) is 4.04. The summed E-state index contributed by atoms with van der Waals surface area (Å²) in [6.07, 6.45) is 3.10. The number of carbonyl (C=O) groups is 2. The Bertz CT molecular complexity index is 729. The molecule has 2 saturated heterocycles. The van der Waals surface area contributed by atoms with Crippen molar-refractivity contribution in [3.05, 3.63) is 41.7 Å². The third-order valence-electron chi connectivity index (χ3n) is 5.53. The summed E-state index contributed by atoms with van der Waals surface area (Å²) in [7, 11) is 0. The Balaban J connectivity index is 1.54. The van der Waals surface area contributed by atoms with Gasteiger partial charge in [0.05, 0.1) is 12.2 Å². The van der Waals surface area contributed by atoms with Gasteiger partial charge in [-0.2, -0.15) is 0 Å². The molecule has 152 valence electrons. The molecule has 0 aliphatic carbocycles. The van der Waals surface area contributed by atoms with Crippen LogP contribution in [-0.4, -0.2) is 60.0 Å². The maximum Gasteiger partial charge on any atom is 0.246 e. The van der Waals surface area contributed by atoms with Crippen LogP contribution in [0.3, 0.4) is 0 Å². The fourth-order valence-electron chi connectivity index (χ4n) is 4.04. The molecule has 0 aromatic heterocycles. The molecule has 0 radical (unpaired) electrons. The normalized spacial score (nSPS) is 24.4. The lowest BCUT2D eigenvalue weighted by molar-refractivity contribution is -0.149. The molecule has 2 heterocycles. The quantitative estimate of drug-likeness (QED) is 0.748. The van der Waals surface area contributed by atoms with Gasteiger partial charge in [0, 0.05) is 38.2 Å². The summed E-state index contributed by atoms with van der Waals surface area (Å²) in [5, 5.41) is 0. The van der Waals surface area contributed by atoms with Gasteiger partial charge < -0.3 is 14.5 Å². The minimum Gasteiger partial charge on any atom is -0.372 e. The predicted molar refractivity (Wildman–Crippen MR) is 106 cm³/mol. The minimum atomic E-state index is -0.293. The Kier molecular flexibility index (Phi) is 6.50. The van der Waals surface area contributed by atoms with Gasteiger partial charge in [0.2, 0.25) is 11.8 Å². The summed E-state index contributed by atoms with van der Waals surface area (Å²) in [6, 6.07) is 6.12. The molecule has 2 aliphatic rings. The zero-order chi connectivity index (χ0) is 20.3. The van der Waals surface area contributed by atoms with Crippen molar-refractivity contribution in [2.75, 3.05) is 26.2 Å². The molecule has 1 aromatic rings. The van der Waals surface area contributed by atoms with Crippen molar-refractivity contribution in [1.82, 2.24) is 9.80 Å². The third kappa shape index (κ3) is 4.98. The van der Waals surface area contributed by atoms with E-state index in [-0.39, 0.29) is 35.8 Å². The van der Waals surface area contributed by atoms with Crippen LogP contribution in [0.25, 0.3) is 5.57 Å². The number of rotatable bonds is 3. The van der Waals surface area contributed by atoms with Crippen molar-refractivity contribution in [3.63, 3.8) is 0 Å². The van der Waals surface area contributed by atoms with E-state index in [4.69, 9.17) is 4.74 Å². The number of hydrogen-bond donors (Lipinski definition) is 0. The summed E-state index contributed by atoms with van der Waals surface area (Å²) in [5.74, 6) is -0.184. The van der Waals surface area contributed by atoms with E-state index in [1.54, 1.807) is 23.1 Å². The second-order valence-electron chi connectivity index (χ2n) is 7.93. The van der Waals surface area contributed by atoms with Crippen LogP contribution in [0.1, 0.15) is 39.2 Å². The monoisotopic (exact) mass is 388 g/mol. The Morgan fingerprint density at radius 1 is 1.04 bits per heavy atom. The lowest BCUT2D eigenvalue weighted by Gasteiger charge is -2.39. The van der Waals surface area contributed by atoms with Gasteiger partial charge in [0.15, 0.2) is 0 Å². The summed E-state index contributed by atoms with van der Waals surface area (Å²) in [6.45, 7) is 8.28. The molecule has 0 bridgehead atoms. The molecule has 0 spiro atoms. The molecule has 0 N–H and O–H groups in total. The van der Waals surface area contributed by atoms with Crippen molar-refractivity contribution in [2.24, 2.45) is 5.92 Å². The zero-order valence-electron chi connectivity index (χ0n) is 16.9. The summed E-state index contributed by atoms with van der Waals surface area (Å²) < 4.78 is 18.8. The number of carbonyl (C=O) groups excluding carboxylic acids is 2. The third-order valence-corrected chi connectivity index (χ3v) is 5.53. The Morgan fingerprint density at radius 2 is 1.61 bits per heavy atom. The Morgan fingerprint density at radius 3 is 2.18 bits per heavy atom. The first-order valence-corrected chi connectivity index (χ1v) is 10.0. The second kappa shape index (κ2) is 8.86. The maximum absolute atomic E-state index is 13.1. The molecule has 28 heavy (non-hydrogen) atoms. The zero-order valence-corrected chi connectivity index (χ0v) is 16.9. The number of halogens is 1. The first-order chi connectivity index (χ1) is 13.3. The minimum absolute atomic E-state index is 0.0243. The van der Waals surface area contributed by atoms with Crippen LogP contribution in [0, 0.1) is 11.7 Å². The molecular formula is C22H29FN2O3. The number of benzene rings is 1. The molecule has 2 fully saturated rings. The first-order valence-electron chi connectivity index (χ1n) is 10.0. The van der Waals surface area contributed by atoms with Gasteiger partial charge in [-0.05, 0) is 56.9 Å². The van der Waals surface area contributed by atoms with Gasteiger partial charge in [0.1, 0.15) is 5.82 Å². The van der Waals surface area contributed by atoms with Gasteiger partial charge in [-0.1, -0.05) is 12.1 Å². The van der Waals surface area contributed by atoms with Gasteiger partial charge >= 0.3 is 0 Å². The van der Waals surface area contributed by atoms with Crippen molar-refractivity contribution < 1.29 is 18.7 Å². The predicted octanol–water partition coefficient (Wildman–Crippen LogP) is 3.10. The summed E-state index contributed by atoms with van der Waals surface area (Å²) in [4.78, 5) is 29.1. The smallest absolute Gasteiger partial charge is 0.246 e. The van der Waals surface area contributed by atoms with E-state index in [2.05, 4.69) is 0 Å². The molecular weight excluding hydrogens is 359 g/mol. The van der Waals surface area contributed by atoms with Gasteiger partial charge in [-0.25, -0.2) is 4.39 Å². The lowest BCUT2D eigenvalue weighted by Crippen LogP contribution is -2.51. The van der Waals surface area contributed by atoms with Crippen molar-refractivity contribution in [1.29, 1.82) is 0 Å². The van der Waals surface area contributed by atoms with Crippen LogP contribution in [-0.2, 0) is 14.3 Å². The number of piperidine rings is 1. The molecule has 2 aliphatic heterocycles. The highest BCUT2D eigenvalue weighted by Gasteiger charge is 2.33. The number of allylic oxidation sites excluding steroid dienone is 1. The lowest BCUT2D eigenvalue weighted by atomic mass is 9.94. The van der Waals surface area contributed by atoms with E-state index >= 15 is 0 Å². The number of amides is 2. The maximum atomic E-state index is 13.1. The van der Waals surface area contributed by atoms with Crippen molar-refractivity contribution >= 4 is 17.4 Å². The largest absolute Gasteiger partial charge is 0.372 e. The van der Waals surface area contributed by atoms with E-state index in [1.165, 1.54) is 12.1 Å². The molecule has 2 atom stereocenters.